The van der Waals surface area contributed by atoms with Crippen molar-refractivity contribution in [3.8, 4) is 5.69 Å². The van der Waals surface area contributed by atoms with Crippen LogP contribution < -0.4 is 11.0 Å². The maximum absolute atomic E-state index is 13.1. The zero-order chi connectivity index (χ0) is 22.9. The van der Waals surface area contributed by atoms with Crippen molar-refractivity contribution in [3.63, 3.8) is 0 Å². The molecule has 10 heteroatoms. The number of anilines is 1. The van der Waals surface area contributed by atoms with Crippen LogP contribution in [0.5, 0.6) is 0 Å². The van der Waals surface area contributed by atoms with Crippen LogP contribution in [0.2, 0.25) is 0 Å². The maximum Gasteiger partial charge on any atom is 0.350 e. The molecule has 4 rings (SSSR count). The number of nitrogens with zero attached hydrogens (tertiary/aromatic N) is 4. The van der Waals surface area contributed by atoms with Gasteiger partial charge in [-0.05, 0) is 49.2 Å². The van der Waals surface area contributed by atoms with Gasteiger partial charge < -0.3 is 5.32 Å². The number of carbonyl (C=O) groups excluding carboxylic acids is 1. The molecule has 0 aliphatic carbocycles. The topological polar surface area (TPSA) is 106 Å². The highest BCUT2D eigenvalue weighted by Gasteiger charge is 2.32. The lowest BCUT2D eigenvalue weighted by atomic mass is 9.97. The van der Waals surface area contributed by atoms with Gasteiger partial charge in [-0.3, -0.25) is 4.79 Å². The summed E-state index contributed by atoms with van der Waals surface area (Å²) in [5.74, 6) is 0.407. The molecule has 1 amide bonds. The van der Waals surface area contributed by atoms with Crippen LogP contribution >= 0.6 is 0 Å². The molecule has 168 valence electrons. The SMILES string of the molecule is CC(=O)Nc1ccc(S(=O)(=O)N2CCC(c3nn(C)c(=O)n3-c3ccccc3)CC2)cc1. The zero-order valence-electron chi connectivity index (χ0n) is 17.9. The Bertz CT molecular complexity index is 1270. The average Bonchev–Trinajstić information content (AvgIpc) is 3.09. The van der Waals surface area contributed by atoms with Gasteiger partial charge in [0.25, 0.3) is 0 Å². The molecule has 1 aliphatic rings. The first kappa shape index (κ1) is 22.0. The zero-order valence-corrected chi connectivity index (χ0v) is 18.7. The standard InChI is InChI=1S/C22H25N5O4S/c1-16(28)23-18-8-10-20(11-9-18)32(30,31)26-14-12-17(13-15-26)21-24-25(2)22(29)27(21)19-6-4-3-5-7-19/h3-11,17H,12-15H2,1-2H3,(H,23,28). The lowest BCUT2D eigenvalue weighted by Gasteiger charge is -2.30. The van der Waals surface area contributed by atoms with Gasteiger partial charge in [0.05, 0.1) is 10.6 Å². The van der Waals surface area contributed by atoms with Crippen molar-refractivity contribution < 1.29 is 13.2 Å². The Morgan fingerprint density at radius 3 is 2.25 bits per heavy atom. The molecule has 1 saturated heterocycles. The Morgan fingerprint density at radius 1 is 1.03 bits per heavy atom. The largest absolute Gasteiger partial charge is 0.350 e. The summed E-state index contributed by atoms with van der Waals surface area (Å²) < 4.78 is 30.5. The minimum Gasteiger partial charge on any atom is -0.326 e. The van der Waals surface area contributed by atoms with Crippen molar-refractivity contribution in [2.45, 2.75) is 30.6 Å². The fourth-order valence-corrected chi connectivity index (χ4v) is 5.45. The number of piperidine rings is 1. The monoisotopic (exact) mass is 455 g/mol. The fraction of sp³-hybridized carbons (Fsp3) is 0.318. The number of hydrogen-bond donors (Lipinski definition) is 1. The number of amides is 1. The summed E-state index contributed by atoms with van der Waals surface area (Å²) >= 11 is 0. The van der Waals surface area contributed by atoms with Crippen molar-refractivity contribution in [3.05, 3.63) is 70.9 Å². The normalized spacial score (nSPS) is 15.6. The summed E-state index contributed by atoms with van der Waals surface area (Å²) in [5.41, 5.74) is 1.07. The average molecular weight is 456 g/mol. The number of para-hydroxylation sites is 1. The number of aryl methyl sites for hydroxylation is 1. The Morgan fingerprint density at radius 2 is 1.66 bits per heavy atom. The smallest absolute Gasteiger partial charge is 0.326 e. The molecule has 1 fully saturated rings. The van der Waals surface area contributed by atoms with E-state index in [1.54, 1.807) is 23.7 Å². The van der Waals surface area contributed by atoms with E-state index in [4.69, 9.17) is 0 Å². The van der Waals surface area contributed by atoms with Crippen LogP contribution in [0.3, 0.4) is 0 Å². The number of nitrogens with one attached hydrogen (secondary N) is 1. The first-order valence-corrected chi connectivity index (χ1v) is 11.8. The summed E-state index contributed by atoms with van der Waals surface area (Å²) in [6.07, 6.45) is 1.12. The van der Waals surface area contributed by atoms with E-state index in [0.29, 0.717) is 37.4 Å². The van der Waals surface area contributed by atoms with Crippen molar-refractivity contribution in [2.75, 3.05) is 18.4 Å². The van der Waals surface area contributed by atoms with E-state index in [-0.39, 0.29) is 22.4 Å². The molecule has 0 atom stereocenters. The number of carbonyl (C=O) groups is 1. The van der Waals surface area contributed by atoms with E-state index in [1.165, 1.54) is 28.0 Å². The lowest BCUT2D eigenvalue weighted by Crippen LogP contribution is -2.38. The van der Waals surface area contributed by atoms with E-state index >= 15 is 0 Å². The number of hydrogen-bond acceptors (Lipinski definition) is 5. The van der Waals surface area contributed by atoms with Gasteiger partial charge >= 0.3 is 5.69 Å². The second-order valence-electron chi connectivity index (χ2n) is 7.82. The van der Waals surface area contributed by atoms with E-state index in [9.17, 15) is 18.0 Å². The quantitative estimate of drug-likeness (QED) is 0.634. The molecule has 9 nitrogen and oxygen atoms in total. The third-order valence-corrected chi connectivity index (χ3v) is 7.51. The summed E-state index contributed by atoms with van der Waals surface area (Å²) in [7, 11) is -2.03. The second-order valence-corrected chi connectivity index (χ2v) is 9.76. The first-order chi connectivity index (χ1) is 15.3. The summed E-state index contributed by atoms with van der Waals surface area (Å²) in [6.45, 7) is 2.06. The summed E-state index contributed by atoms with van der Waals surface area (Å²) in [6, 6.07) is 15.5. The van der Waals surface area contributed by atoms with Crippen molar-refractivity contribution >= 4 is 21.6 Å². The van der Waals surface area contributed by atoms with Crippen LogP contribution in [0.4, 0.5) is 5.69 Å². The highest BCUT2D eigenvalue weighted by atomic mass is 32.2. The van der Waals surface area contributed by atoms with Crippen molar-refractivity contribution in [2.24, 2.45) is 7.05 Å². The van der Waals surface area contributed by atoms with Gasteiger partial charge in [-0.15, -0.1) is 0 Å². The third-order valence-electron chi connectivity index (χ3n) is 5.60. The molecule has 0 bridgehead atoms. The number of aromatic nitrogens is 3. The molecule has 2 aromatic carbocycles. The molecule has 0 spiro atoms. The minimum absolute atomic E-state index is 0.0299. The fourth-order valence-electron chi connectivity index (χ4n) is 3.98. The first-order valence-electron chi connectivity index (χ1n) is 10.4. The van der Waals surface area contributed by atoms with Crippen LogP contribution in [0.1, 0.15) is 31.5 Å². The van der Waals surface area contributed by atoms with Gasteiger partial charge in [-0.25, -0.2) is 22.5 Å². The van der Waals surface area contributed by atoms with Gasteiger partial charge in [0.2, 0.25) is 15.9 Å². The van der Waals surface area contributed by atoms with Crippen LogP contribution in [0, 0.1) is 0 Å². The predicted molar refractivity (Wildman–Crippen MR) is 120 cm³/mol. The van der Waals surface area contributed by atoms with E-state index in [2.05, 4.69) is 10.4 Å². The molecule has 3 aromatic rings. The third kappa shape index (κ3) is 4.23. The molecular weight excluding hydrogens is 430 g/mol. The number of benzene rings is 2. The van der Waals surface area contributed by atoms with E-state index < -0.39 is 10.0 Å². The predicted octanol–water partition coefficient (Wildman–Crippen LogP) is 2.10. The Balaban J connectivity index is 1.52. The number of sulfonamides is 1. The molecule has 0 radical (unpaired) electrons. The summed E-state index contributed by atoms with van der Waals surface area (Å²) in [5, 5.41) is 7.08. The molecular formula is C22H25N5O4S. The van der Waals surface area contributed by atoms with E-state index in [0.717, 1.165) is 5.69 Å². The van der Waals surface area contributed by atoms with Gasteiger partial charge in [0.1, 0.15) is 5.82 Å². The van der Waals surface area contributed by atoms with Gasteiger partial charge in [0, 0.05) is 38.7 Å². The lowest BCUT2D eigenvalue weighted by molar-refractivity contribution is -0.114. The minimum atomic E-state index is -3.65. The Kier molecular flexibility index (Phi) is 5.98. The van der Waals surface area contributed by atoms with Crippen LogP contribution in [-0.4, -0.2) is 46.1 Å². The van der Waals surface area contributed by atoms with Gasteiger partial charge in [-0.2, -0.15) is 9.40 Å². The van der Waals surface area contributed by atoms with Crippen LogP contribution in [0.15, 0.2) is 64.3 Å². The molecule has 1 aliphatic heterocycles. The van der Waals surface area contributed by atoms with Crippen molar-refractivity contribution in [1.82, 2.24) is 18.7 Å². The highest BCUT2D eigenvalue weighted by molar-refractivity contribution is 7.89. The Hall–Kier alpha value is -3.24. The molecule has 1 aromatic heterocycles. The molecule has 2 heterocycles. The van der Waals surface area contributed by atoms with E-state index in [1.807, 2.05) is 30.3 Å². The van der Waals surface area contributed by atoms with Gasteiger partial charge in [0.15, 0.2) is 0 Å². The second kappa shape index (κ2) is 8.71. The highest BCUT2D eigenvalue weighted by Crippen LogP contribution is 2.30. The van der Waals surface area contributed by atoms with Gasteiger partial charge in [-0.1, -0.05) is 18.2 Å². The molecule has 0 saturated carbocycles. The maximum atomic E-state index is 13.1. The summed E-state index contributed by atoms with van der Waals surface area (Å²) in [4.78, 5) is 24.0. The molecule has 0 unspecified atom stereocenters. The van der Waals surface area contributed by atoms with Crippen molar-refractivity contribution in [1.29, 1.82) is 0 Å². The molecule has 32 heavy (non-hydrogen) atoms. The van der Waals surface area contributed by atoms with Crippen LogP contribution in [-0.2, 0) is 21.9 Å². The number of rotatable bonds is 5. The Labute approximate surface area is 186 Å². The van der Waals surface area contributed by atoms with Crippen LogP contribution in [0.25, 0.3) is 5.69 Å². The molecule has 1 N–H and O–H groups in total.